The van der Waals surface area contributed by atoms with Gasteiger partial charge in [0.05, 0.1) is 50.7 Å². The monoisotopic (exact) mass is 1190 g/mol. The molecule has 0 spiro atoms. The van der Waals surface area contributed by atoms with E-state index in [1.165, 1.54) is 6.08 Å². The molecule has 0 bridgehead atoms. The minimum absolute atomic E-state index is 0.0393. The van der Waals surface area contributed by atoms with Crippen LogP contribution in [0.15, 0.2) is 23.8 Å². The first-order valence-electron chi connectivity index (χ1n) is 29.6. The van der Waals surface area contributed by atoms with Crippen LogP contribution in [0.4, 0.5) is 0 Å². The lowest BCUT2D eigenvalue weighted by molar-refractivity contribution is -0.400. The van der Waals surface area contributed by atoms with Crippen molar-refractivity contribution in [2.75, 3.05) is 33.0 Å². The Morgan fingerprint density at radius 1 is 0.651 bits per heavy atom. The van der Waals surface area contributed by atoms with E-state index in [9.17, 15) is 81.1 Å². The molecule has 4 heterocycles. The summed E-state index contributed by atoms with van der Waals surface area (Å²) in [6.07, 6.45) is -25.8. The largest absolute Gasteiger partial charge is 0.479 e. The fraction of sp³-hybridized carbons (Fsp3) is 0.897. The van der Waals surface area contributed by atoms with E-state index >= 15 is 0 Å². The van der Waals surface area contributed by atoms with Crippen molar-refractivity contribution in [3.63, 3.8) is 0 Å². The molecule has 0 aromatic carbocycles. The van der Waals surface area contributed by atoms with Gasteiger partial charge in [-0.25, -0.2) is 9.59 Å². The Morgan fingerprint density at radius 3 is 1.95 bits per heavy atom. The Hall–Kier alpha value is -2.42. The van der Waals surface area contributed by atoms with Crippen LogP contribution in [-0.4, -0.2) is 245 Å². The average molecular weight is 1190 g/mol. The van der Waals surface area contributed by atoms with Crippen LogP contribution >= 0.6 is 0 Å². The van der Waals surface area contributed by atoms with E-state index in [0.717, 1.165) is 12.0 Å². The molecule has 83 heavy (non-hydrogen) atoms. The summed E-state index contributed by atoms with van der Waals surface area (Å²) in [5.74, 6) is -2.88. The zero-order valence-corrected chi connectivity index (χ0v) is 48.4. The van der Waals surface area contributed by atoms with E-state index in [4.69, 9.17) is 42.6 Å². The number of esters is 1. The van der Waals surface area contributed by atoms with Gasteiger partial charge in [0.15, 0.2) is 31.3 Å². The van der Waals surface area contributed by atoms with Gasteiger partial charge >= 0.3 is 11.9 Å². The third-order valence-electron chi connectivity index (χ3n) is 21.9. The van der Waals surface area contributed by atoms with Crippen LogP contribution in [0, 0.1) is 50.2 Å². The van der Waals surface area contributed by atoms with Crippen molar-refractivity contribution in [1.82, 2.24) is 0 Å². The molecular formula is C58H92O25. The van der Waals surface area contributed by atoms with Crippen LogP contribution in [0.5, 0.6) is 0 Å². The zero-order chi connectivity index (χ0) is 60.7. The summed E-state index contributed by atoms with van der Waals surface area (Å²) in [6.45, 7) is 12.0. The molecule has 25 heteroatoms. The minimum Gasteiger partial charge on any atom is -0.479 e. The molecule has 0 aromatic rings. The van der Waals surface area contributed by atoms with Crippen molar-refractivity contribution >= 4 is 11.9 Å². The molecular weight excluding hydrogens is 1100 g/mol. The minimum atomic E-state index is -2.24. The van der Waals surface area contributed by atoms with E-state index in [0.29, 0.717) is 51.4 Å². The van der Waals surface area contributed by atoms with Crippen molar-refractivity contribution < 1.29 is 124 Å². The van der Waals surface area contributed by atoms with Crippen molar-refractivity contribution in [3.05, 3.63) is 23.8 Å². The van der Waals surface area contributed by atoms with Crippen LogP contribution in [0.2, 0.25) is 0 Å². The summed E-state index contributed by atoms with van der Waals surface area (Å²) < 4.78 is 54.7. The lowest BCUT2D eigenvalue weighted by Gasteiger charge is -2.72. The lowest BCUT2D eigenvalue weighted by atomic mass is 9.33. The fourth-order valence-electron chi connectivity index (χ4n) is 17.0. The van der Waals surface area contributed by atoms with Gasteiger partial charge in [-0.1, -0.05) is 72.6 Å². The van der Waals surface area contributed by atoms with Crippen molar-refractivity contribution in [2.24, 2.45) is 50.2 Å². The number of rotatable bonds is 16. The van der Waals surface area contributed by atoms with E-state index in [2.05, 4.69) is 40.7 Å². The molecule has 25 nitrogen and oxygen atoms in total. The van der Waals surface area contributed by atoms with Gasteiger partial charge in [0.1, 0.15) is 85.5 Å². The number of hydrogen-bond donors (Lipinski definition) is 14. The summed E-state index contributed by atoms with van der Waals surface area (Å²) in [4.78, 5) is 26.5. The number of allylic oxidation sites excluding steroid dienone is 3. The number of carboxylic acid groups (broad SMARTS) is 1. The number of aliphatic hydroxyl groups excluding tert-OH is 13. The molecule has 8 fully saturated rings. The van der Waals surface area contributed by atoms with Crippen molar-refractivity contribution in [1.29, 1.82) is 0 Å². The van der Waals surface area contributed by atoms with Gasteiger partial charge in [0, 0.05) is 11.5 Å². The molecule has 5 aliphatic carbocycles. The highest BCUT2D eigenvalue weighted by molar-refractivity contribution is 5.82. The normalized spacial score (nSPS) is 51.6. The zero-order valence-electron chi connectivity index (χ0n) is 48.4. The molecule has 14 N–H and O–H groups in total. The quantitative estimate of drug-likeness (QED) is 0.0367. The van der Waals surface area contributed by atoms with Crippen LogP contribution in [-0.2, 0) is 52.2 Å². The number of ether oxygens (including phenoxy) is 9. The number of aliphatic carboxylic acids is 1. The highest BCUT2D eigenvalue weighted by Gasteiger charge is 2.72. The summed E-state index contributed by atoms with van der Waals surface area (Å²) in [5, 5.41) is 155. The molecule has 4 saturated heterocycles. The van der Waals surface area contributed by atoms with Crippen LogP contribution in [0.3, 0.4) is 0 Å². The number of carbonyl (C=O) groups excluding carboxylic acids is 1. The Morgan fingerprint density at radius 2 is 1.30 bits per heavy atom. The predicted octanol–water partition coefficient (Wildman–Crippen LogP) is -1.37. The molecule has 0 radical (unpaired) electrons. The number of carboxylic acids is 1. The average Bonchev–Trinajstić information content (AvgIpc) is 2.10. The Kier molecular flexibility index (Phi) is 19.2. The predicted molar refractivity (Wildman–Crippen MR) is 283 cm³/mol. The van der Waals surface area contributed by atoms with E-state index in [1.807, 2.05) is 13.8 Å². The molecule has 4 saturated carbocycles. The van der Waals surface area contributed by atoms with E-state index < -0.39 is 194 Å². The number of hydrogen-bond acceptors (Lipinski definition) is 24. The summed E-state index contributed by atoms with van der Waals surface area (Å²) in [5.41, 5.74) is -3.04. The molecule has 4 aliphatic heterocycles. The second-order valence-electron chi connectivity index (χ2n) is 27.1. The second kappa shape index (κ2) is 24.5. The summed E-state index contributed by atoms with van der Waals surface area (Å²) >= 11 is 0. The topological polar surface area (TPSA) is 400 Å². The second-order valence-corrected chi connectivity index (χ2v) is 27.1. The first kappa shape index (κ1) is 65.0. The van der Waals surface area contributed by atoms with Gasteiger partial charge in [0.2, 0.25) is 0 Å². The number of fused-ring (bicyclic) bond motifs is 7. The van der Waals surface area contributed by atoms with Gasteiger partial charge in [-0.05, 0) is 97.2 Å². The number of unbranched alkanes of at least 4 members (excludes halogenated alkanes) is 1. The molecule has 9 rings (SSSR count). The molecule has 0 aromatic heterocycles. The summed E-state index contributed by atoms with van der Waals surface area (Å²) in [7, 11) is 0. The van der Waals surface area contributed by atoms with E-state index in [1.54, 1.807) is 6.08 Å². The maximum atomic E-state index is 13.4. The van der Waals surface area contributed by atoms with Crippen LogP contribution < -0.4 is 0 Å². The first-order valence-corrected chi connectivity index (χ1v) is 29.6. The van der Waals surface area contributed by atoms with Crippen molar-refractivity contribution in [2.45, 2.75) is 242 Å². The van der Waals surface area contributed by atoms with E-state index in [-0.39, 0.29) is 36.2 Å². The molecule has 29 atom stereocenters. The lowest BCUT2D eigenvalue weighted by Crippen LogP contribution is -2.70. The Bertz CT molecular complexity index is 2340. The van der Waals surface area contributed by atoms with Crippen molar-refractivity contribution in [3.8, 4) is 0 Å². The number of carbonyl (C=O) groups is 2. The van der Waals surface area contributed by atoms with Crippen LogP contribution in [0.25, 0.3) is 0 Å². The SMILES string of the molecule is CCCC=CC(=O)OC1CC(C)(C)CC2C3=CCC4C5(C)CCC(OC6OC(C(=O)O)C(O)C(OC7OCC(O)C(O)C7OC7OCC(O)C(O)C7O)C6OC6OC(CO)C(O)C(O)C6O)C(C)(CO)C5CCC4(C)C3(C)CC(O)C12CO. The molecule has 474 valence electrons. The molecule has 29 unspecified atom stereocenters. The van der Waals surface area contributed by atoms with Crippen LogP contribution in [0.1, 0.15) is 113 Å². The van der Waals surface area contributed by atoms with Gasteiger partial charge in [-0.15, -0.1) is 0 Å². The number of aliphatic hydroxyl groups is 13. The van der Waals surface area contributed by atoms with Gasteiger partial charge in [-0.3, -0.25) is 0 Å². The van der Waals surface area contributed by atoms with Gasteiger partial charge < -0.3 is 114 Å². The highest BCUT2D eigenvalue weighted by atomic mass is 16.8. The van der Waals surface area contributed by atoms with Gasteiger partial charge in [0.25, 0.3) is 0 Å². The molecule has 9 aliphatic rings. The molecule has 0 amide bonds. The Balaban J connectivity index is 1.04. The fourth-order valence-corrected chi connectivity index (χ4v) is 17.0. The van der Waals surface area contributed by atoms with Gasteiger partial charge in [-0.2, -0.15) is 0 Å². The Labute approximate surface area is 483 Å². The highest BCUT2D eigenvalue weighted by Crippen LogP contribution is 2.76. The standard InChI is InChI=1S/C58H92O25/c1-8-9-10-11-36(65)78-35-20-53(2,3)18-27-26-12-13-32-54(4)16-15-34(55(5,24-60)31(54)14-17-56(32,6)57(26,7)19-33(64)58(27,35)25-61)79-52-47(83-50-42(71)40(69)39(68)30(21-59)77-50)44(43(72)45(81-52)48(73)74)80-51-46(38(67)29(63)23-76-51)82-49-41(70)37(66)28(62)22-75-49/h10-12,27-35,37-47,49-52,59-64,66-72H,8-9,13-25H2,1-7H3,(H,73,74). The summed E-state index contributed by atoms with van der Waals surface area (Å²) in [6, 6.07) is 0. The first-order chi connectivity index (χ1) is 39.0. The smallest absolute Gasteiger partial charge is 0.335 e. The third kappa shape index (κ3) is 11.1. The maximum Gasteiger partial charge on any atom is 0.335 e. The maximum absolute atomic E-state index is 13.4. The third-order valence-corrected chi connectivity index (χ3v) is 21.9.